The summed E-state index contributed by atoms with van der Waals surface area (Å²) in [7, 11) is 4.16. The minimum absolute atomic E-state index is 0.150. The lowest BCUT2D eigenvalue weighted by atomic mass is 10.0. The summed E-state index contributed by atoms with van der Waals surface area (Å²) in [5, 5.41) is 6.37. The summed E-state index contributed by atoms with van der Waals surface area (Å²) in [5.74, 6) is 0.801. The van der Waals surface area contributed by atoms with Crippen molar-refractivity contribution in [1.29, 1.82) is 0 Å². The van der Waals surface area contributed by atoms with Gasteiger partial charge in [-0.3, -0.25) is 9.69 Å². The number of likely N-dealkylation sites (N-methyl/N-ethyl adjacent to an activating group) is 1. The van der Waals surface area contributed by atoms with Gasteiger partial charge in [0.2, 0.25) is 5.91 Å². The van der Waals surface area contributed by atoms with E-state index < -0.39 is 0 Å². The van der Waals surface area contributed by atoms with Crippen LogP contribution in [0, 0.1) is 5.92 Å². The predicted molar refractivity (Wildman–Crippen MR) is 79.2 cm³/mol. The lowest BCUT2D eigenvalue weighted by molar-refractivity contribution is -0.122. The zero-order chi connectivity index (χ0) is 14.3. The fourth-order valence-corrected chi connectivity index (χ4v) is 2.38. The van der Waals surface area contributed by atoms with E-state index in [1.807, 2.05) is 0 Å². The van der Waals surface area contributed by atoms with E-state index in [2.05, 4.69) is 48.4 Å². The Labute approximate surface area is 117 Å². The van der Waals surface area contributed by atoms with E-state index in [1.165, 1.54) is 0 Å². The van der Waals surface area contributed by atoms with Gasteiger partial charge in [0, 0.05) is 38.8 Å². The number of hydrogen-bond donors (Lipinski definition) is 2. The highest BCUT2D eigenvalue weighted by molar-refractivity contribution is 5.78. The number of carbonyl (C=O) groups excluding carboxylic acids is 1. The Morgan fingerprint density at radius 2 is 1.95 bits per heavy atom. The van der Waals surface area contributed by atoms with Gasteiger partial charge in [-0.15, -0.1) is 0 Å². The molecular formula is C14H30N4O. The summed E-state index contributed by atoms with van der Waals surface area (Å²) in [4.78, 5) is 16.3. The van der Waals surface area contributed by atoms with Crippen molar-refractivity contribution in [2.45, 2.75) is 26.3 Å². The SMILES string of the molecule is CC(C)CC(CNC(=O)CN1CCNCC1)N(C)C. The second-order valence-corrected chi connectivity index (χ2v) is 6.08. The van der Waals surface area contributed by atoms with Gasteiger partial charge in [-0.25, -0.2) is 0 Å². The number of carbonyl (C=O) groups is 1. The molecule has 1 amide bonds. The third-order valence-electron chi connectivity index (χ3n) is 3.59. The first-order valence-electron chi connectivity index (χ1n) is 7.35. The molecular weight excluding hydrogens is 240 g/mol. The maximum absolute atomic E-state index is 11.9. The molecule has 19 heavy (non-hydrogen) atoms. The molecule has 1 saturated heterocycles. The molecule has 0 saturated carbocycles. The molecule has 0 radical (unpaired) electrons. The van der Waals surface area contributed by atoms with E-state index in [0.29, 0.717) is 18.5 Å². The summed E-state index contributed by atoms with van der Waals surface area (Å²) in [6.45, 7) is 9.63. The number of rotatable bonds is 7. The number of amides is 1. The second-order valence-electron chi connectivity index (χ2n) is 6.08. The normalized spacial score (nSPS) is 18.8. The zero-order valence-corrected chi connectivity index (χ0v) is 12.9. The maximum Gasteiger partial charge on any atom is 0.234 e. The van der Waals surface area contributed by atoms with E-state index in [9.17, 15) is 4.79 Å². The summed E-state index contributed by atoms with van der Waals surface area (Å²) >= 11 is 0. The van der Waals surface area contributed by atoms with Gasteiger partial charge in [0.25, 0.3) is 0 Å². The Hall–Kier alpha value is -0.650. The van der Waals surface area contributed by atoms with Crippen LogP contribution in [-0.4, -0.2) is 75.1 Å². The maximum atomic E-state index is 11.9. The minimum atomic E-state index is 0.150. The molecule has 1 rings (SSSR count). The van der Waals surface area contributed by atoms with E-state index in [0.717, 1.165) is 39.1 Å². The van der Waals surface area contributed by atoms with Crippen molar-refractivity contribution < 1.29 is 4.79 Å². The highest BCUT2D eigenvalue weighted by Gasteiger charge is 2.16. The van der Waals surface area contributed by atoms with Crippen molar-refractivity contribution in [1.82, 2.24) is 20.4 Å². The molecule has 112 valence electrons. The molecule has 0 aromatic rings. The van der Waals surface area contributed by atoms with Gasteiger partial charge in [-0.05, 0) is 26.4 Å². The third kappa shape index (κ3) is 6.89. The Bertz CT molecular complexity index is 262. The van der Waals surface area contributed by atoms with Crippen molar-refractivity contribution >= 4 is 5.91 Å². The summed E-state index contributed by atoms with van der Waals surface area (Å²) in [6, 6.07) is 0.423. The summed E-state index contributed by atoms with van der Waals surface area (Å²) in [5.41, 5.74) is 0. The Morgan fingerprint density at radius 3 is 2.47 bits per heavy atom. The number of nitrogens with one attached hydrogen (secondary N) is 2. The number of hydrogen-bond acceptors (Lipinski definition) is 4. The molecule has 0 aliphatic carbocycles. The monoisotopic (exact) mass is 270 g/mol. The number of piperazine rings is 1. The van der Waals surface area contributed by atoms with Crippen LogP contribution in [0.3, 0.4) is 0 Å². The van der Waals surface area contributed by atoms with Gasteiger partial charge in [-0.2, -0.15) is 0 Å². The zero-order valence-electron chi connectivity index (χ0n) is 12.9. The lowest BCUT2D eigenvalue weighted by Crippen LogP contribution is -2.49. The molecule has 0 bridgehead atoms. The first-order valence-corrected chi connectivity index (χ1v) is 7.35. The van der Waals surface area contributed by atoms with E-state index >= 15 is 0 Å². The molecule has 0 spiro atoms. The van der Waals surface area contributed by atoms with Crippen LogP contribution in [0.1, 0.15) is 20.3 Å². The molecule has 0 aromatic carbocycles. The van der Waals surface area contributed by atoms with Gasteiger partial charge in [-0.1, -0.05) is 13.8 Å². The smallest absolute Gasteiger partial charge is 0.234 e. The Kier molecular flexibility index (Phi) is 7.34. The Morgan fingerprint density at radius 1 is 1.32 bits per heavy atom. The van der Waals surface area contributed by atoms with E-state index in [-0.39, 0.29) is 5.91 Å². The molecule has 1 atom stereocenters. The molecule has 5 nitrogen and oxygen atoms in total. The molecule has 1 aliphatic heterocycles. The van der Waals surface area contributed by atoms with Gasteiger partial charge in [0.1, 0.15) is 0 Å². The first-order chi connectivity index (χ1) is 8.99. The van der Waals surface area contributed by atoms with Crippen molar-refractivity contribution in [2.75, 3.05) is 53.4 Å². The van der Waals surface area contributed by atoms with Crippen molar-refractivity contribution in [3.63, 3.8) is 0 Å². The largest absolute Gasteiger partial charge is 0.353 e. The fraction of sp³-hybridized carbons (Fsp3) is 0.929. The molecule has 1 fully saturated rings. The highest BCUT2D eigenvalue weighted by Crippen LogP contribution is 2.08. The van der Waals surface area contributed by atoms with Crippen molar-refractivity contribution in [3.05, 3.63) is 0 Å². The minimum Gasteiger partial charge on any atom is -0.353 e. The lowest BCUT2D eigenvalue weighted by Gasteiger charge is -2.28. The van der Waals surface area contributed by atoms with Gasteiger partial charge < -0.3 is 15.5 Å². The van der Waals surface area contributed by atoms with Gasteiger partial charge >= 0.3 is 0 Å². The van der Waals surface area contributed by atoms with Crippen LogP contribution in [0.5, 0.6) is 0 Å². The summed E-state index contributed by atoms with van der Waals surface area (Å²) < 4.78 is 0. The topological polar surface area (TPSA) is 47.6 Å². The molecule has 5 heteroatoms. The van der Waals surface area contributed by atoms with Crippen LogP contribution < -0.4 is 10.6 Å². The Balaban J connectivity index is 2.26. The van der Waals surface area contributed by atoms with Gasteiger partial charge in [0.05, 0.1) is 6.54 Å². The van der Waals surface area contributed by atoms with Crippen molar-refractivity contribution in [3.8, 4) is 0 Å². The van der Waals surface area contributed by atoms with Crippen LogP contribution in [0.15, 0.2) is 0 Å². The molecule has 0 aromatic heterocycles. The van der Waals surface area contributed by atoms with Crippen LogP contribution in [0.4, 0.5) is 0 Å². The van der Waals surface area contributed by atoms with Crippen LogP contribution in [-0.2, 0) is 4.79 Å². The second kappa shape index (κ2) is 8.51. The average molecular weight is 270 g/mol. The predicted octanol–water partition coefficient (Wildman–Crippen LogP) is -0.0159. The van der Waals surface area contributed by atoms with Crippen LogP contribution >= 0.6 is 0 Å². The van der Waals surface area contributed by atoms with E-state index in [1.54, 1.807) is 0 Å². The molecule has 1 aliphatic rings. The van der Waals surface area contributed by atoms with E-state index in [4.69, 9.17) is 0 Å². The molecule has 1 heterocycles. The van der Waals surface area contributed by atoms with Gasteiger partial charge in [0.15, 0.2) is 0 Å². The quantitative estimate of drug-likeness (QED) is 0.683. The number of nitrogens with zero attached hydrogens (tertiary/aromatic N) is 2. The third-order valence-corrected chi connectivity index (χ3v) is 3.59. The fourth-order valence-electron chi connectivity index (χ4n) is 2.38. The average Bonchev–Trinajstić information content (AvgIpc) is 2.35. The first kappa shape index (κ1) is 16.4. The highest BCUT2D eigenvalue weighted by atomic mass is 16.2. The van der Waals surface area contributed by atoms with Crippen molar-refractivity contribution in [2.24, 2.45) is 5.92 Å². The molecule has 2 N–H and O–H groups in total. The van der Waals surface area contributed by atoms with Crippen LogP contribution in [0.25, 0.3) is 0 Å². The van der Waals surface area contributed by atoms with Crippen LogP contribution in [0.2, 0.25) is 0 Å². The molecule has 1 unspecified atom stereocenters. The standard InChI is InChI=1S/C14H30N4O/c1-12(2)9-13(17(3)4)10-16-14(19)11-18-7-5-15-6-8-18/h12-13,15H,5-11H2,1-4H3,(H,16,19). The summed E-state index contributed by atoms with van der Waals surface area (Å²) in [6.07, 6.45) is 1.11.